The lowest BCUT2D eigenvalue weighted by Gasteiger charge is -2.00. The van der Waals surface area contributed by atoms with Gasteiger partial charge in [-0.25, -0.2) is 8.42 Å². The van der Waals surface area contributed by atoms with E-state index >= 15 is 0 Å². The van der Waals surface area contributed by atoms with E-state index in [0.717, 1.165) is 0 Å². The van der Waals surface area contributed by atoms with Gasteiger partial charge in [-0.3, -0.25) is 0 Å². The van der Waals surface area contributed by atoms with Gasteiger partial charge in [0.05, 0.1) is 22.3 Å². The average Bonchev–Trinajstić information content (AvgIpc) is 2.37. The molecule has 1 aromatic carbocycles. The maximum atomic E-state index is 11.5. The van der Waals surface area contributed by atoms with Gasteiger partial charge < -0.3 is 5.73 Å². The first-order chi connectivity index (χ1) is 6.54. The standard InChI is InChI=1S/C9H8N2O2S/c10-4-6-1-2-7-8(11)5-14(12,13)9(7)3-6/h1-3,8H,5,11H2/t8-/m1/s1. The fraction of sp³-hybridized carbons (Fsp3) is 0.222. The number of sulfone groups is 1. The molecule has 1 aliphatic heterocycles. The third-order valence-corrected chi connectivity index (χ3v) is 4.10. The normalized spacial score (nSPS) is 22.7. The molecule has 0 saturated carbocycles. The summed E-state index contributed by atoms with van der Waals surface area (Å²) in [6.45, 7) is 0. The van der Waals surface area contributed by atoms with Crippen LogP contribution in [0.15, 0.2) is 23.1 Å². The summed E-state index contributed by atoms with van der Waals surface area (Å²) in [5, 5.41) is 8.63. The van der Waals surface area contributed by atoms with Crippen molar-refractivity contribution in [3.8, 4) is 6.07 Å². The quantitative estimate of drug-likeness (QED) is 0.666. The summed E-state index contributed by atoms with van der Waals surface area (Å²) in [6, 6.07) is 6.03. The number of rotatable bonds is 0. The molecule has 0 radical (unpaired) electrons. The average molecular weight is 208 g/mol. The van der Waals surface area contributed by atoms with Crippen molar-refractivity contribution in [1.29, 1.82) is 5.26 Å². The zero-order valence-corrected chi connectivity index (χ0v) is 8.08. The summed E-state index contributed by atoms with van der Waals surface area (Å²) in [4.78, 5) is 0.212. The van der Waals surface area contributed by atoms with Gasteiger partial charge in [-0.1, -0.05) is 6.07 Å². The molecule has 0 saturated heterocycles. The minimum Gasteiger partial charge on any atom is -0.323 e. The monoisotopic (exact) mass is 208 g/mol. The van der Waals surface area contributed by atoms with Crippen LogP contribution in [-0.4, -0.2) is 14.2 Å². The number of hydrogen-bond donors (Lipinski definition) is 1. The molecule has 0 aliphatic carbocycles. The Morgan fingerprint density at radius 3 is 2.86 bits per heavy atom. The lowest BCUT2D eigenvalue weighted by molar-refractivity contribution is 0.598. The molecule has 1 heterocycles. The van der Waals surface area contributed by atoms with E-state index in [0.29, 0.717) is 11.1 Å². The lowest BCUT2D eigenvalue weighted by atomic mass is 10.1. The Morgan fingerprint density at radius 1 is 1.50 bits per heavy atom. The highest BCUT2D eigenvalue weighted by atomic mass is 32.2. The molecular weight excluding hydrogens is 200 g/mol. The van der Waals surface area contributed by atoms with Crippen molar-refractivity contribution < 1.29 is 8.42 Å². The maximum Gasteiger partial charge on any atom is 0.180 e. The molecule has 0 bridgehead atoms. The Kier molecular flexibility index (Phi) is 1.84. The number of fused-ring (bicyclic) bond motifs is 1. The Bertz CT molecular complexity index is 528. The fourth-order valence-electron chi connectivity index (χ4n) is 1.60. The Hall–Kier alpha value is -1.38. The highest BCUT2D eigenvalue weighted by Crippen LogP contribution is 2.32. The van der Waals surface area contributed by atoms with Gasteiger partial charge >= 0.3 is 0 Å². The SMILES string of the molecule is N#Cc1ccc2c(c1)S(=O)(=O)C[C@H]2N. The summed E-state index contributed by atoms with van der Waals surface area (Å²) in [7, 11) is -3.26. The molecule has 1 aromatic rings. The van der Waals surface area contributed by atoms with Crippen LogP contribution in [0.2, 0.25) is 0 Å². The van der Waals surface area contributed by atoms with Gasteiger partial charge in [0.25, 0.3) is 0 Å². The predicted molar refractivity (Wildman–Crippen MR) is 50.1 cm³/mol. The van der Waals surface area contributed by atoms with Gasteiger partial charge in [0.1, 0.15) is 0 Å². The summed E-state index contributed by atoms with van der Waals surface area (Å²) in [5.41, 5.74) is 6.61. The molecular formula is C9H8N2O2S. The first-order valence-corrected chi connectivity index (χ1v) is 5.72. The molecule has 2 rings (SSSR count). The number of nitriles is 1. The van der Waals surface area contributed by atoms with Crippen LogP contribution < -0.4 is 5.73 Å². The van der Waals surface area contributed by atoms with Crippen LogP contribution in [0.5, 0.6) is 0 Å². The zero-order valence-electron chi connectivity index (χ0n) is 7.27. The van der Waals surface area contributed by atoms with Gasteiger partial charge in [0.15, 0.2) is 9.84 Å². The molecule has 2 N–H and O–H groups in total. The van der Waals surface area contributed by atoms with Crippen LogP contribution in [0.1, 0.15) is 17.2 Å². The molecule has 72 valence electrons. The van der Waals surface area contributed by atoms with Gasteiger partial charge in [-0.05, 0) is 17.7 Å². The number of nitrogens with zero attached hydrogens (tertiary/aromatic N) is 1. The van der Waals surface area contributed by atoms with Crippen molar-refractivity contribution in [3.63, 3.8) is 0 Å². The van der Waals surface area contributed by atoms with E-state index in [9.17, 15) is 8.42 Å². The molecule has 0 amide bonds. The second kappa shape index (κ2) is 2.80. The molecule has 0 spiro atoms. The van der Waals surface area contributed by atoms with E-state index in [1.807, 2.05) is 6.07 Å². The third kappa shape index (κ3) is 1.20. The minimum atomic E-state index is -3.26. The Balaban J connectivity index is 2.73. The second-order valence-electron chi connectivity index (χ2n) is 3.25. The van der Waals surface area contributed by atoms with Crippen LogP contribution >= 0.6 is 0 Å². The largest absolute Gasteiger partial charge is 0.323 e. The number of benzene rings is 1. The van der Waals surface area contributed by atoms with E-state index in [1.165, 1.54) is 6.07 Å². The summed E-state index contributed by atoms with van der Waals surface area (Å²) < 4.78 is 23.1. The van der Waals surface area contributed by atoms with Crippen molar-refractivity contribution in [2.45, 2.75) is 10.9 Å². The van der Waals surface area contributed by atoms with Crippen molar-refractivity contribution in [1.82, 2.24) is 0 Å². The molecule has 0 unspecified atom stereocenters. The van der Waals surface area contributed by atoms with Crippen molar-refractivity contribution >= 4 is 9.84 Å². The first-order valence-electron chi connectivity index (χ1n) is 4.07. The highest BCUT2D eigenvalue weighted by molar-refractivity contribution is 7.91. The molecule has 1 atom stereocenters. The van der Waals surface area contributed by atoms with E-state index < -0.39 is 15.9 Å². The van der Waals surface area contributed by atoms with Crippen LogP contribution in [0, 0.1) is 11.3 Å². The van der Waals surface area contributed by atoms with Crippen LogP contribution in [0.4, 0.5) is 0 Å². The summed E-state index contributed by atoms with van der Waals surface area (Å²) >= 11 is 0. The summed E-state index contributed by atoms with van der Waals surface area (Å²) in [5.74, 6) is -0.0583. The minimum absolute atomic E-state index is 0.0583. The van der Waals surface area contributed by atoms with E-state index in [4.69, 9.17) is 11.0 Å². The van der Waals surface area contributed by atoms with Crippen LogP contribution in [0.25, 0.3) is 0 Å². The predicted octanol–water partition coefficient (Wildman–Crippen LogP) is 0.345. The summed E-state index contributed by atoms with van der Waals surface area (Å²) in [6.07, 6.45) is 0. The Labute approximate surface area is 81.9 Å². The molecule has 14 heavy (non-hydrogen) atoms. The molecule has 0 fully saturated rings. The third-order valence-electron chi connectivity index (χ3n) is 2.28. The first kappa shape index (κ1) is 9.19. The van der Waals surface area contributed by atoms with Gasteiger partial charge in [0.2, 0.25) is 0 Å². The van der Waals surface area contributed by atoms with Crippen molar-refractivity contribution in [2.75, 3.05) is 5.75 Å². The fourth-order valence-corrected chi connectivity index (χ4v) is 3.31. The lowest BCUT2D eigenvalue weighted by Crippen LogP contribution is -2.11. The molecule has 5 heteroatoms. The smallest absolute Gasteiger partial charge is 0.180 e. The second-order valence-corrected chi connectivity index (χ2v) is 5.25. The van der Waals surface area contributed by atoms with Gasteiger partial charge in [-0.15, -0.1) is 0 Å². The van der Waals surface area contributed by atoms with Gasteiger partial charge in [-0.2, -0.15) is 5.26 Å². The molecule has 1 aliphatic rings. The van der Waals surface area contributed by atoms with Crippen LogP contribution in [-0.2, 0) is 9.84 Å². The maximum absolute atomic E-state index is 11.5. The van der Waals surface area contributed by atoms with Gasteiger partial charge in [0, 0.05) is 6.04 Å². The zero-order chi connectivity index (χ0) is 10.3. The van der Waals surface area contributed by atoms with Crippen molar-refractivity contribution in [3.05, 3.63) is 29.3 Å². The van der Waals surface area contributed by atoms with Crippen molar-refractivity contribution in [2.24, 2.45) is 5.73 Å². The number of hydrogen-bond acceptors (Lipinski definition) is 4. The highest BCUT2D eigenvalue weighted by Gasteiger charge is 2.32. The topological polar surface area (TPSA) is 84.0 Å². The number of nitrogens with two attached hydrogens (primary N) is 1. The van der Waals surface area contributed by atoms with E-state index in [2.05, 4.69) is 0 Å². The molecule has 0 aromatic heterocycles. The van der Waals surface area contributed by atoms with Crippen LogP contribution in [0.3, 0.4) is 0 Å². The van der Waals surface area contributed by atoms with E-state index in [1.54, 1.807) is 12.1 Å². The Morgan fingerprint density at radius 2 is 2.21 bits per heavy atom. The van der Waals surface area contributed by atoms with E-state index in [-0.39, 0.29) is 10.6 Å². The molecule has 4 nitrogen and oxygen atoms in total.